The van der Waals surface area contributed by atoms with Crippen molar-refractivity contribution in [2.75, 3.05) is 6.61 Å². The molecule has 1 aromatic heterocycles. The molecule has 0 amide bonds. The van der Waals surface area contributed by atoms with Crippen molar-refractivity contribution in [1.82, 2.24) is 4.57 Å². The molecule has 0 saturated carbocycles. The van der Waals surface area contributed by atoms with Crippen molar-refractivity contribution in [1.29, 1.82) is 0 Å². The molecule has 0 bridgehead atoms. The van der Waals surface area contributed by atoms with E-state index in [2.05, 4.69) is 90.4 Å². The summed E-state index contributed by atoms with van der Waals surface area (Å²) in [7, 11) is 0. The molecule has 0 N–H and O–H groups in total. The van der Waals surface area contributed by atoms with Gasteiger partial charge in [-0.05, 0) is 85.2 Å². The Labute approximate surface area is 249 Å². The number of rotatable bonds is 13. The lowest BCUT2D eigenvalue weighted by atomic mass is 9.96. The second kappa shape index (κ2) is 14.4. The fourth-order valence-corrected chi connectivity index (χ4v) is 5.44. The van der Waals surface area contributed by atoms with Crippen LogP contribution in [0.25, 0.3) is 11.1 Å². The van der Waals surface area contributed by atoms with E-state index >= 15 is 0 Å². The molecule has 4 nitrogen and oxygen atoms in total. The van der Waals surface area contributed by atoms with Crippen LogP contribution in [0.15, 0.2) is 121 Å². The maximum atomic E-state index is 12.6. The predicted molar refractivity (Wildman–Crippen MR) is 170 cm³/mol. The van der Waals surface area contributed by atoms with Gasteiger partial charge in [-0.2, -0.15) is 0 Å². The number of hydrogen-bond donors (Lipinski definition) is 0. The summed E-state index contributed by atoms with van der Waals surface area (Å²) in [5, 5.41) is 0. The highest BCUT2D eigenvalue weighted by atomic mass is 16.6. The standard InChI is InChI=1S/C38H39NO3/c1-3-41-38(40)37(28-31-12-6-4-7-13-31)42-35-24-19-30(20-25-35)26-27-39-29(2)18-22-34(39)23-21-33-16-10-11-17-36(33)32-14-8-5-9-15-32/h4-20,22,24-25,37H,3,21,23,26-28H2,1-2H3/t37-/m1/s1. The van der Waals surface area contributed by atoms with Crippen LogP contribution in [0.2, 0.25) is 0 Å². The van der Waals surface area contributed by atoms with Crippen molar-refractivity contribution in [2.45, 2.75) is 52.2 Å². The molecule has 5 aromatic rings. The SMILES string of the molecule is CCOC(=O)[C@@H](Cc1ccccc1)Oc1ccc(CCn2c(C)ccc2CCc2ccccc2-c2ccccc2)cc1. The van der Waals surface area contributed by atoms with Crippen LogP contribution >= 0.6 is 0 Å². The molecule has 0 aliphatic heterocycles. The number of ether oxygens (including phenoxy) is 2. The lowest BCUT2D eigenvalue weighted by Crippen LogP contribution is -2.31. The van der Waals surface area contributed by atoms with Crippen molar-refractivity contribution in [2.24, 2.45) is 0 Å². The van der Waals surface area contributed by atoms with Gasteiger partial charge in [-0.1, -0.05) is 97.1 Å². The first-order valence-corrected chi connectivity index (χ1v) is 14.8. The molecule has 1 atom stereocenters. The van der Waals surface area contributed by atoms with E-state index in [9.17, 15) is 4.79 Å². The second-order valence-electron chi connectivity index (χ2n) is 10.6. The zero-order valence-corrected chi connectivity index (χ0v) is 24.5. The van der Waals surface area contributed by atoms with Gasteiger partial charge in [-0.3, -0.25) is 0 Å². The second-order valence-corrected chi connectivity index (χ2v) is 10.6. The molecule has 4 heteroatoms. The largest absolute Gasteiger partial charge is 0.478 e. The van der Waals surface area contributed by atoms with Crippen LogP contribution in [0.3, 0.4) is 0 Å². The molecule has 0 radical (unpaired) electrons. The molecule has 1 heterocycles. The highest BCUT2D eigenvalue weighted by Crippen LogP contribution is 2.25. The van der Waals surface area contributed by atoms with Gasteiger partial charge in [-0.25, -0.2) is 4.79 Å². The number of aryl methyl sites for hydroxylation is 4. The Hall–Kier alpha value is -4.57. The average Bonchev–Trinajstić information content (AvgIpc) is 3.39. The third-order valence-electron chi connectivity index (χ3n) is 7.68. The maximum Gasteiger partial charge on any atom is 0.347 e. The molecule has 0 aliphatic rings. The number of carbonyl (C=O) groups excluding carboxylic acids is 1. The molecule has 0 spiro atoms. The highest BCUT2D eigenvalue weighted by Gasteiger charge is 2.22. The summed E-state index contributed by atoms with van der Waals surface area (Å²) >= 11 is 0. The van der Waals surface area contributed by atoms with Crippen molar-refractivity contribution in [3.63, 3.8) is 0 Å². The molecular formula is C38H39NO3. The van der Waals surface area contributed by atoms with Crippen LogP contribution in [0.4, 0.5) is 0 Å². The molecule has 42 heavy (non-hydrogen) atoms. The van der Waals surface area contributed by atoms with Gasteiger partial charge in [0.25, 0.3) is 0 Å². The van der Waals surface area contributed by atoms with E-state index in [1.807, 2.05) is 49.4 Å². The van der Waals surface area contributed by atoms with Gasteiger partial charge in [0.2, 0.25) is 0 Å². The van der Waals surface area contributed by atoms with Gasteiger partial charge in [0, 0.05) is 24.4 Å². The summed E-state index contributed by atoms with van der Waals surface area (Å²) in [6.45, 7) is 5.23. The maximum absolute atomic E-state index is 12.6. The summed E-state index contributed by atoms with van der Waals surface area (Å²) in [5.74, 6) is 0.329. The Kier molecular flexibility index (Phi) is 9.90. The fraction of sp³-hybridized carbons (Fsp3) is 0.237. The van der Waals surface area contributed by atoms with E-state index in [0.29, 0.717) is 18.8 Å². The Morgan fingerprint density at radius 2 is 1.40 bits per heavy atom. The molecule has 0 unspecified atom stereocenters. The van der Waals surface area contributed by atoms with E-state index in [1.165, 1.54) is 33.6 Å². The predicted octanol–water partition coefficient (Wildman–Crippen LogP) is 8.04. The van der Waals surface area contributed by atoms with Crippen LogP contribution in [0.1, 0.15) is 35.0 Å². The van der Waals surface area contributed by atoms with Gasteiger partial charge < -0.3 is 14.0 Å². The summed E-state index contributed by atoms with van der Waals surface area (Å²) in [4.78, 5) is 12.6. The van der Waals surface area contributed by atoms with Crippen molar-refractivity contribution >= 4 is 5.97 Å². The summed E-state index contributed by atoms with van der Waals surface area (Å²) in [5.41, 5.74) is 8.84. The smallest absolute Gasteiger partial charge is 0.347 e. The number of hydrogen-bond acceptors (Lipinski definition) is 3. The third-order valence-corrected chi connectivity index (χ3v) is 7.68. The van der Waals surface area contributed by atoms with Gasteiger partial charge in [0.1, 0.15) is 5.75 Å². The van der Waals surface area contributed by atoms with E-state index in [1.54, 1.807) is 0 Å². The minimum absolute atomic E-state index is 0.326. The minimum atomic E-state index is -0.685. The molecule has 214 valence electrons. The number of carbonyl (C=O) groups is 1. The Morgan fingerprint density at radius 1 is 0.714 bits per heavy atom. The molecule has 4 aromatic carbocycles. The number of esters is 1. The molecule has 0 fully saturated rings. The Bertz CT molecular complexity index is 1560. The van der Waals surface area contributed by atoms with Crippen LogP contribution in [-0.2, 0) is 41.8 Å². The lowest BCUT2D eigenvalue weighted by Gasteiger charge is -2.18. The van der Waals surface area contributed by atoms with Gasteiger partial charge >= 0.3 is 5.97 Å². The van der Waals surface area contributed by atoms with Crippen molar-refractivity contribution in [3.05, 3.63) is 149 Å². The summed E-state index contributed by atoms with van der Waals surface area (Å²) < 4.78 is 13.8. The van der Waals surface area contributed by atoms with E-state index in [0.717, 1.165) is 31.4 Å². The lowest BCUT2D eigenvalue weighted by molar-refractivity contribution is -0.151. The number of nitrogens with zero attached hydrogens (tertiary/aromatic N) is 1. The van der Waals surface area contributed by atoms with E-state index in [4.69, 9.17) is 9.47 Å². The summed E-state index contributed by atoms with van der Waals surface area (Å²) in [6, 6.07) is 41.8. The Morgan fingerprint density at radius 3 is 2.14 bits per heavy atom. The van der Waals surface area contributed by atoms with Gasteiger partial charge in [-0.15, -0.1) is 0 Å². The van der Waals surface area contributed by atoms with Gasteiger partial charge in [0.05, 0.1) is 6.61 Å². The highest BCUT2D eigenvalue weighted by molar-refractivity contribution is 5.75. The summed E-state index contributed by atoms with van der Waals surface area (Å²) in [6.07, 6.45) is 2.67. The molecule has 0 saturated heterocycles. The average molecular weight is 558 g/mol. The van der Waals surface area contributed by atoms with Crippen LogP contribution < -0.4 is 4.74 Å². The van der Waals surface area contributed by atoms with Crippen LogP contribution in [0, 0.1) is 6.92 Å². The first-order valence-electron chi connectivity index (χ1n) is 14.8. The first-order chi connectivity index (χ1) is 20.6. The zero-order chi connectivity index (χ0) is 29.1. The fourth-order valence-electron chi connectivity index (χ4n) is 5.44. The van der Waals surface area contributed by atoms with E-state index < -0.39 is 6.10 Å². The zero-order valence-electron chi connectivity index (χ0n) is 24.5. The van der Waals surface area contributed by atoms with Crippen molar-refractivity contribution in [3.8, 4) is 16.9 Å². The quantitative estimate of drug-likeness (QED) is 0.138. The van der Waals surface area contributed by atoms with Gasteiger partial charge in [0.15, 0.2) is 6.10 Å². The Balaban J connectivity index is 1.21. The minimum Gasteiger partial charge on any atom is -0.478 e. The molecule has 5 rings (SSSR count). The number of benzene rings is 4. The third kappa shape index (κ3) is 7.58. The van der Waals surface area contributed by atoms with Crippen molar-refractivity contribution < 1.29 is 14.3 Å². The number of aromatic nitrogens is 1. The first kappa shape index (κ1) is 28.9. The van der Waals surface area contributed by atoms with Crippen LogP contribution in [0.5, 0.6) is 5.75 Å². The van der Waals surface area contributed by atoms with Crippen LogP contribution in [-0.4, -0.2) is 23.2 Å². The molecular weight excluding hydrogens is 518 g/mol. The molecule has 0 aliphatic carbocycles. The normalized spacial score (nSPS) is 11.7. The monoisotopic (exact) mass is 557 g/mol. The topological polar surface area (TPSA) is 40.5 Å². The van der Waals surface area contributed by atoms with E-state index in [-0.39, 0.29) is 5.97 Å².